The Labute approximate surface area is 106 Å². The van der Waals surface area contributed by atoms with E-state index in [2.05, 4.69) is 4.98 Å². The minimum absolute atomic E-state index is 0.0620. The average molecular weight is 273 g/mol. The molecular formula is C11H10F3N3O2. The molecule has 0 spiro atoms. The van der Waals surface area contributed by atoms with Gasteiger partial charge in [-0.2, -0.15) is 18.4 Å². The number of anilines is 1. The van der Waals surface area contributed by atoms with Crippen molar-refractivity contribution in [2.24, 2.45) is 0 Å². The van der Waals surface area contributed by atoms with Gasteiger partial charge in [-0.05, 0) is 18.6 Å². The number of carbonyl (C=O) groups is 1. The number of rotatable bonds is 4. The lowest BCUT2D eigenvalue weighted by Crippen LogP contribution is -2.39. The van der Waals surface area contributed by atoms with Crippen LogP contribution in [-0.2, 0) is 4.79 Å². The number of nitriles is 1. The number of pyridine rings is 1. The number of halogens is 3. The maximum Gasteiger partial charge on any atom is 0.405 e. The smallest absolute Gasteiger partial charge is 0.405 e. The van der Waals surface area contributed by atoms with Gasteiger partial charge in [-0.1, -0.05) is 0 Å². The molecule has 1 rings (SSSR count). The fourth-order valence-electron chi connectivity index (χ4n) is 1.51. The molecule has 0 fully saturated rings. The first kappa shape index (κ1) is 14.8. The molecule has 0 aliphatic heterocycles. The quantitative estimate of drug-likeness (QED) is 0.903. The van der Waals surface area contributed by atoms with Gasteiger partial charge in [-0.15, -0.1) is 0 Å². The van der Waals surface area contributed by atoms with E-state index >= 15 is 0 Å². The van der Waals surface area contributed by atoms with Crippen molar-refractivity contribution < 1.29 is 23.1 Å². The van der Waals surface area contributed by atoms with E-state index in [-0.39, 0.29) is 11.4 Å². The van der Waals surface area contributed by atoms with Gasteiger partial charge in [0, 0.05) is 6.20 Å². The molecule has 0 aromatic carbocycles. The number of alkyl halides is 3. The van der Waals surface area contributed by atoms with Crippen LogP contribution in [0.4, 0.5) is 19.0 Å². The van der Waals surface area contributed by atoms with E-state index < -0.39 is 25.2 Å². The molecular weight excluding hydrogens is 263 g/mol. The Morgan fingerprint density at radius 2 is 2.21 bits per heavy atom. The fourth-order valence-corrected chi connectivity index (χ4v) is 1.51. The summed E-state index contributed by atoms with van der Waals surface area (Å²) in [6, 6.07) is 3.21. The van der Waals surface area contributed by atoms with E-state index in [9.17, 15) is 18.0 Å². The lowest BCUT2D eigenvalue weighted by Gasteiger charge is -2.24. The summed E-state index contributed by atoms with van der Waals surface area (Å²) >= 11 is 0. The molecule has 0 saturated heterocycles. The summed E-state index contributed by atoms with van der Waals surface area (Å²) in [6.07, 6.45) is -3.36. The van der Waals surface area contributed by atoms with Gasteiger partial charge >= 0.3 is 12.1 Å². The third kappa shape index (κ3) is 4.13. The van der Waals surface area contributed by atoms with Crippen LogP contribution in [0.3, 0.4) is 0 Å². The lowest BCUT2D eigenvalue weighted by atomic mass is 10.1. The summed E-state index contributed by atoms with van der Waals surface area (Å²) in [5.41, 5.74) is 0.373. The summed E-state index contributed by atoms with van der Waals surface area (Å²) in [6.45, 7) is -0.828. The van der Waals surface area contributed by atoms with E-state index in [1.807, 2.05) is 0 Å². The Morgan fingerprint density at radius 1 is 1.58 bits per heavy atom. The molecule has 0 saturated carbocycles. The zero-order valence-electron chi connectivity index (χ0n) is 9.90. The highest BCUT2D eigenvalue weighted by atomic mass is 19.4. The molecule has 0 radical (unpaired) electrons. The molecule has 0 atom stereocenters. The molecule has 0 aliphatic carbocycles. The molecule has 1 aromatic heterocycles. The molecule has 0 unspecified atom stereocenters. The van der Waals surface area contributed by atoms with Gasteiger partial charge in [0.05, 0.1) is 5.56 Å². The zero-order valence-corrected chi connectivity index (χ0v) is 9.90. The number of hydrogen-bond donors (Lipinski definition) is 1. The molecule has 5 nitrogen and oxygen atoms in total. The Bertz CT molecular complexity index is 523. The summed E-state index contributed by atoms with van der Waals surface area (Å²) in [5, 5.41) is 17.6. The van der Waals surface area contributed by atoms with Gasteiger partial charge in [0.2, 0.25) is 0 Å². The average Bonchev–Trinajstić information content (AvgIpc) is 2.25. The molecule has 0 amide bonds. The summed E-state index contributed by atoms with van der Waals surface area (Å²) in [5.74, 6) is -1.71. The van der Waals surface area contributed by atoms with Crippen molar-refractivity contribution in [1.82, 2.24) is 4.98 Å². The molecule has 0 aliphatic rings. The third-order valence-corrected chi connectivity index (χ3v) is 2.25. The maximum absolute atomic E-state index is 12.4. The molecule has 1 N–H and O–H groups in total. The highest BCUT2D eigenvalue weighted by Crippen LogP contribution is 2.24. The Balaban J connectivity index is 3.21. The zero-order chi connectivity index (χ0) is 14.6. The van der Waals surface area contributed by atoms with E-state index in [1.165, 1.54) is 19.2 Å². The van der Waals surface area contributed by atoms with Crippen molar-refractivity contribution in [3.8, 4) is 6.07 Å². The number of carboxylic acid groups (broad SMARTS) is 1. The van der Waals surface area contributed by atoms with E-state index in [0.717, 1.165) is 0 Å². The van der Waals surface area contributed by atoms with E-state index in [0.29, 0.717) is 10.5 Å². The van der Waals surface area contributed by atoms with Crippen LogP contribution in [0, 0.1) is 18.3 Å². The van der Waals surface area contributed by atoms with Gasteiger partial charge in [-0.3, -0.25) is 4.79 Å². The minimum Gasteiger partial charge on any atom is -0.480 e. The second-order valence-corrected chi connectivity index (χ2v) is 3.80. The van der Waals surface area contributed by atoms with Crippen LogP contribution in [0.1, 0.15) is 11.1 Å². The van der Waals surface area contributed by atoms with Crippen LogP contribution < -0.4 is 4.90 Å². The van der Waals surface area contributed by atoms with Crippen LogP contribution in [0.5, 0.6) is 0 Å². The van der Waals surface area contributed by atoms with Gasteiger partial charge in [0.1, 0.15) is 25.0 Å². The maximum atomic E-state index is 12.4. The van der Waals surface area contributed by atoms with Gasteiger partial charge in [-0.25, -0.2) is 4.98 Å². The van der Waals surface area contributed by atoms with E-state index in [1.54, 1.807) is 6.07 Å². The Morgan fingerprint density at radius 3 is 2.68 bits per heavy atom. The third-order valence-electron chi connectivity index (χ3n) is 2.25. The van der Waals surface area contributed by atoms with Crippen molar-refractivity contribution in [2.75, 3.05) is 18.0 Å². The molecule has 19 heavy (non-hydrogen) atoms. The number of aliphatic carboxylic acids is 1. The van der Waals surface area contributed by atoms with Crippen molar-refractivity contribution in [3.63, 3.8) is 0 Å². The number of aryl methyl sites for hydroxylation is 1. The summed E-state index contributed by atoms with van der Waals surface area (Å²) in [4.78, 5) is 14.8. The molecule has 0 bridgehead atoms. The Kier molecular flexibility index (Phi) is 4.32. The first-order chi connectivity index (χ1) is 8.74. The van der Waals surface area contributed by atoms with Crippen molar-refractivity contribution in [1.29, 1.82) is 5.26 Å². The fraction of sp³-hybridized carbons (Fsp3) is 0.364. The topological polar surface area (TPSA) is 77.2 Å². The molecule has 1 heterocycles. The Hall–Kier alpha value is -2.30. The number of nitrogens with zero attached hydrogens (tertiary/aromatic N) is 3. The normalized spacial score (nSPS) is 10.9. The standard InChI is InChI=1S/C11H10F3N3O2/c1-7-2-3-16-10(8(7)4-15)17(5-9(18)19)6-11(12,13)14/h2-3H,5-6H2,1H3,(H,18,19). The first-order valence-corrected chi connectivity index (χ1v) is 5.14. The predicted molar refractivity (Wildman–Crippen MR) is 59.6 cm³/mol. The van der Waals surface area contributed by atoms with Crippen LogP contribution in [0.25, 0.3) is 0 Å². The van der Waals surface area contributed by atoms with Crippen LogP contribution in [0.15, 0.2) is 12.3 Å². The number of aromatic nitrogens is 1. The molecule has 1 aromatic rings. The van der Waals surface area contributed by atoms with Crippen LogP contribution in [0.2, 0.25) is 0 Å². The minimum atomic E-state index is -4.59. The SMILES string of the molecule is Cc1ccnc(N(CC(=O)O)CC(F)(F)F)c1C#N. The monoisotopic (exact) mass is 273 g/mol. The van der Waals surface area contributed by atoms with Crippen molar-refractivity contribution >= 4 is 11.8 Å². The second kappa shape index (κ2) is 5.56. The van der Waals surface area contributed by atoms with Crippen molar-refractivity contribution in [3.05, 3.63) is 23.4 Å². The highest BCUT2D eigenvalue weighted by Gasteiger charge is 2.33. The first-order valence-electron chi connectivity index (χ1n) is 5.14. The van der Waals surface area contributed by atoms with Crippen LogP contribution in [-0.4, -0.2) is 35.3 Å². The van der Waals surface area contributed by atoms with E-state index in [4.69, 9.17) is 10.4 Å². The highest BCUT2D eigenvalue weighted by molar-refractivity contribution is 5.74. The predicted octanol–water partition coefficient (Wildman–Crippen LogP) is 1.72. The lowest BCUT2D eigenvalue weighted by molar-refractivity contribution is -0.136. The molecule has 8 heteroatoms. The van der Waals surface area contributed by atoms with Gasteiger partial charge in [0.15, 0.2) is 0 Å². The second-order valence-electron chi connectivity index (χ2n) is 3.80. The summed E-state index contributed by atoms with van der Waals surface area (Å²) in [7, 11) is 0. The summed E-state index contributed by atoms with van der Waals surface area (Å²) < 4.78 is 37.3. The number of hydrogen-bond acceptors (Lipinski definition) is 4. The van der Waals surface area contributed by atoms with Crippen molar-refractivity contribution in [2.45, 2.75) is 13.1 Å². The largest absolute Gasteiger partial charge is 0.480 e. The van der Waals surface area contributed by atoms with Crippen LogP contribution >= 0.6 is 0 Å². The van der Waals surface area contributed by atoms with Gasteiger partial charge < -0.3 is 10.0 Å². The number of carboxylic acids is 1. The van der Waals surface area contributed by atoms with Gasteiger partial charge in [0.25, 0.3) is 0 Å². The molecule has 102 valence electrons.